The molecule has 0 heterocycles. The van der Waals surface area contributed by atoms with Crippen LogP contribution in [0.3, 0.4) is 0 Å². The Morgan fingerprint density at radius 1 is 0.593 bits per heavy atom. The molecule has 0 radical (unpaired) electrons. The highest BCUT2D eigenvalue weighted by molar-refractivity contribution is 5.80. The average Bonchev–Trinajstić information content (AvgIpc) is 2.67. The molecule has 0 aromatic heterocycles. The van der Waals surface area contributed by atoms with Crippen molar-refractivity contribution in [2.75, 3.05) is 39.3 Å². The minimum atomic E-state index is 0.131. The van der Waals surface area contributed by atoms with Crippen LogP contribution in [-0.2, 0) is 0 Å². The molecule has 27 heavy (non-hydrogen) atoms. The average molecular weight is 387 g/mol. The van der Waals surface area contributed by atoms with E-state index >= 15 is 0 Å². The zero-order chi connectivity index (χ0) is 20.7. The van der Waals surface area contributed by atoms with E-state index in [-0.39, 0.29) is 17.5 Å². The summed E-state index contributed by atoms with van der Waals surface area (Å²) in [7, 11) is 0. The first-order chi connectivity index (χ1) is 12.8. The van der Waals surface area contributed by atoms with Crippen molar-refractivity contribution in [3.05, 3.63) is 12.3 Å². The molecule has 12 nitrogen and oxygen atoms in total. The lowest BCUT2D eigenvalue weighted by Gasteiger charge is -2.27. The molecule has 0 aliphatic rings. The van der Waals surface area contributed by atoms with Crippen molar-refractivity contribution >= 4 is 17.5 Å². The van der Waals surface area contributed by atoms with Gasteiger partial charge in [-0.1, -0.05) is 22.0 Å². The van der Waals surface area contributed by atoms with E-state index in [0.717, 1.165) is 0 Å². The van der Waals surface area contributed by atoms with Crippen LogP contribution >= 0.6 is 0 Å². The van der Waals surface area contributed by atoms with Gasteiger partial charge in [0, 0.05) is 64.2 Å². The van der Waals surface area contributed by atoms with Crippen LogP contribution < -0.4 is 22.9 Å². The molecule has 11 N–H and O–H groups in total. The summed E-state index contributed by atoms with van der Waals surface area (Å²) < 4.78 is 0. The van der Waals surface area contributed by atoms with E-state index in [2.05, 4.69) is 31.8 Å². The van der Waals surface area contributed by atoms with Gasteiger partial charge in [0.2, 0.25) is 0 Å². The summed E-state index contributed by atoms with van der Waals surface area (Å²) in [4.78, 5) is 4.18. The second-order valence-electron chi connectivity index (χ2n) is 6.12. The predicted molar refractivity (Wildman–Crippen MR) is 105 cm³/mol. The van der Waals surface area contributed by atoms with E-state index in [9.17, 15) is 0 Å². The van der Waals surface area contributed by atoms with E-state index in [0.29, 0.717) is 70.6 Å². The molecular formula is C15H33N9O3. The largest absolute Gasteiger partial charge is 0.409 e. The van der Waals surface area contributed by atoms with Crippen LogP contribution in [0.2, 0.25) is 0 Å². The van der Waals surface area contributed by atoms with Crippen LogP contribution in [0.15, 0.2) is 27.7 Å². The Labute approximate surface area is 159 Å². The number of nitrogens with zero attached hydrogens (tertiary/aromatic N) is 5. The highest BCUT2D eigenvalue weighted by Crippen LogP contribution is 2.01. The fourth-order valence-corrected chi connectivity index (χ4v) is 2.22. The molecule has 0 aromatic rings. The molecule has 0 rings (SSSR count). The molecule has 0 spiro atoms. The minimum absolute atomic E-state index is 0.131. The first-order valence-electron chi connectivity index (χ1n) is 8.59. The quantitative estimate of drug-likeness (QED) is 0.0782. The van der Waals surface area contributed by atoms with Crippen LogP contribution in [-0.4, -0.2) is 82.2 Å². The third kappa shape index (κ3) is 13.2. The zero-order valence-electron chi connectivity index (χ0n) is 15.7. The van der Waals surface area contributed by atoms with Crippen LogP contribution in [0.4, 0.5) is 0 Å². The van der Waals surface area contributed by atoms with Gasteiger partial charge >= 0.3 is 0 Å². The lowest BCUT2D eigenvalue weighted by atomic mass is 10.2. The summed E-state index contributed by atoms with van der Waals surface area (Å²) in [5.41, 5.74) is 22.9. The molecule has 12 heteroatoms. The molecular weight excluding hydrogens is 354 g/mol. The van der Waals surface area contributed by atoms with E-state index in [1.54, 1.807) is 0 Å². The Morgan fingerprint density at radius 3 is 1.15 bits per heavy atom. The standard InChI is InChI=1S/C15H33N9O3/c1-12(16)2-6-23(7-3-13(17)20-25)10-11-24(8-4-14(18)21-26)9-5-15(19)22-27/h25-27H,1-11,16H2,(H2,17,20)(H2,18,21)(H2,19,22). The number of hydrogen-bond acceptors (Lipinski definition) is 9. The van der Waals surface area contributed by atoms with Gasteiger partial charge < -0.3 is 48.4 Å². The molecule has 0 unspecified atom stereocenters. The number of hydrogen-bond donors (Lipinski definition) is 7. The smallest absolute Gasteiger partial charge is 0.140 e. The highest BCUT2D eigenvalue weighted by Gasteiger charge is 2.12. The van der Waals surface area contributed by atoms with E-state index < -0.39 is 0 Å². The molecule has 0 fully saturated rings. The van der Waals surface area contributed by atoms with Crippen molar-refractivity contribution in [1.82, 2.24) is 9.80 Å². The van der Waals surface area contributed by atoms with E-state index in [1.807, 2.05) is 0 Å². The second-order valence-corrected chi connectivity index (χ2v) is 6.12. The van der Waals surface area contributed by atoms with Crippen molar-refractivity contribution < 1.29 is 15.6 Å². The molecule has 0 aliphatic heterocycles. The Bertz CT molecular complexity index is 501. The Morgan fingerprint density at radius 2 is 0.889 bits per heavy atom. The second kappa shape index (κ2) is 14.4. The molecule has 0 saturated heterocycles. The zero-order valence-corrected chi connectivity index (χ0v) is 15.7. The van der Waals surface area contributed by atoms with Gasteiger partial charge in [-0.25, -0.2) is 0 Å². The van der Waals surface area contributed by atoms with Gasteiger partial charge in [-0.15, -0.1) is 0 Å². The molecule has 156 valence electrons. The van der Waals surface area contributed by atoms with Crippen LogP contribution in [0.5, 0.6) is 0 Å². The fourth-order valence-electron chi connectivity index (χ4n) is 2.22. The third-order valence-corrected chi connectivity index (χ3v) is 3.92. The monoisotopic (exact) mass is 387 g/mol. The first kappa shape index (κ1) is 24.3. The van der Waals surface area contributed by atoms with Crippen LogP contribution in [0.25, 0.3) is 0 Å². The van der Waals surface area contributed by atoms with Gasteiger partial charge in [-0.05, 0) is 6.42 Å². The third-order valence-electron chi connectivity index (χ3n) is 3.92. The lowest BCUT2D eigenvalue weighted by molar-refractivity contribution is 0.211. The fraction of sp³-hybridized carbons (Fsp3) is 0.667. The van der Waals surface area contributed by atoms with E-state index in [4.69, 9.17) is 38.6 Å². The summed E-state index contributed by atoms with van der Waals surface area (Å²) in [6.45, 7) is 7.41. The Balaban J connectivity index is 4.77. The number of rotatable bonds is 15. The maximum atomic E-state index is 8.69. The summed E-state index contributed by atoms with van der Waals surface area (Å²) in [6.07, 6.45) is 1.82. The number of nitrogens with two attached hydrogens (primary N) is 4. The molecule has 0 aromatic carbocycles. The van der Waals surface area contributed by atoms with Gasteiger partial charge in [-0.2, -0.15) is 0 Å². The molecule has 0 aliphatic carbocycles. The van der Waals surface area contributed by atoms with Crippen LogP contribution in [0.1, 0.15) is 25.7 Å². The van der Waals surface area contributed by atoms with Gasteiger partial charge in [0.1, 0.15) is 17.5 Å². The summed E-state index contributed by atoms with van der Waals surface area (Å²) in [5.74, 6) is 0.418. The summed E-state index contributed by atoms with van der Waals surface area (Å²) in [6, 6.07) is 0. The SMILES string of the molecule is C=C(N)CCN(CCC(N)=NO)CCN(CCC(N)=NO)CCC(N)=NO. The van der Waals surface area contributed by atoms with Crippen molar-refractivity contribution in [3.63, 3.8) is 0 Å². The number of oxime groups is 3. The van der Waals surface area contributed by atoms with Gasteiger partial charge in [0.05, 0.1) is 0 Å². The topological polar surface area (TPSA) is 208 Å². The van der Waals surface area contributed by atoms with Crippen LogP contribution in [0, 0.1) is 0 Å². The lowest BCUT2D eigenvalue weighted by Crippen LogP contribution is -2.40. The van der Waals surface area contributed by atoms with Gasteiger partial charge in [-0.3, -0.25) is 0 Å². The van der Waals surface area contributed by atoms with Crippen molar-refractivity contribution in [2.24, 2.45) is 38.4 Å². The molecule has 0 atom stereocenters. The van der Waals surface area contributed by atoms with Crippen molar-refractivity contribution in [1.29, 1.82) is 0 Å². The molecule has 0 bridgehead atoms. The van der Waals surface area contributed by atoms with Crippen molar-refractivity contribution in [3.8, 4) is 0 Å². The van der Waals surface area contributed by atoms with E-state index in [1.165, 1.54) is 0 Å². The predicted octanol–water partition coefficient (Wildman–Crippen LogP) is -1.14. The summed E-state index contributed by atoms with van der Waals surface area (Å²) in [5, 5.41) is 35.0. The maximum Gasteiger partial charge on any atom is 0.140 e. The van der Waals surface area contributed by atoms with Gasteiger partial charge in [0.15, 0.2) is 0 Å². The van der Waals surface area contributed by atoms with Crippen molar-refractivity contribution in [2.45, 2.75) is 25.7 Å². The normalized spacial score (nSPS) is 13.5. The maximum absolute atomic E-state index is 8.69. The number of amidine groups is 3. The molecule has 0 amide bonds. The Hall–Kier alpha value is -2.73. The summed E-state index contributed by atoms with van der Waals surface area (Å²) >= 11 is 0. The minimum Gasteiger partial charge on any atom is -0.409 e. The Kier molecular flexibility index (Phi) is 13.0. The molecule has 0 saturated carbocycles. The first-order valence-corrected chi connectivity index (χ1v) is 8.59. The highest BCUT2D eigenvalue weighted by atomic mass is 16.4. The van der Waals surface area contributed by atoms with Gasteiger partial charge in [0.25, 0.3) is 0 Å².